The number of hydrogen-bond acceptors (Lipinski definition) is 2. The lowest BCUT2D eigenvalue weighted by Crippen LogP contribution is -2.43. The lowest BCUT2D eigenvalue weighted by Gasteiger charge is -2.46. The van der Waals surface area contributed by atoms with Crippen LogP contribution in [0.1, 0.15) is 71.8 Å². The van der Waals surface area contributed by atoms with Crippen LogP contribution in [0.5, 0.6) is 0 Å². The molecule has 0 saturated heterocycles. The minimum Gasteiger partial charge on any atom is -0.370 e. The van der Waals surface area contributed by atoms with Crippen LogP contribution in [0, 0.1) is 17.7 Å². The number of nitrogens with one attached hydrogen (secondary N) is 1. The molecule has 150 valence electrons. The Labute approximate surface area is 171 Å². The van der Waals surface area contributed by atoms with Gasteiger partial charge in [0.25, 0.3) is 5.91 Å². The molecule has 6 rings (SSSR count). The monoisotopic (exact) mass is 390 g/mol. The van der Waals surface area contributed by atoms with Gasteiger partial charge in [0, 0.05) is 24.5 Å². The summed E-state index contributed by atoms with van der Waals surface area (Å²) in [5.74, 6) is 1.88. The molecule has 2 aliphatic heterocycles. The van der Waals surface area contributed by atoms with Gasteiger partial charge >= 0.3 is 0 Å². The van der Waals surface area contributed by atoms with E-state index in [1.54, 1.807) is 18.2 Å². The van der Waals surface area contributed by atoms with E-state index in [9.17, 15) is 9.18 Å². The molecule has 4 atom stereocenters. The molecule has 2 saturated carbocycles. The zero-order valence-electron chi connectivity index (χ0n) is 16.7. The minimum atomic E-state index is -0.470. The summed E-state index contributed by atoms with van der Waals surface area (Å²) in [6.07, 6.45) is 7.74. The maximum absolute atomic E-state index is 14.1. The van der Waals surface area contributed by atoms with Gasteiger partial charge in [0.1, 0.15) is 5.82 Å². The number of carbonyl (C=O) groups is 1. The van der Waals surface area contributed by atoms with Gasteiger partial charge in [0.2, 0.25) is 0 Å². The summed E-state index contributed by atoms with van der Waals surface area (Å²) in [6, 6.07) is 10.6. The first kappa shape index (κ1) is 17.5. The molecule has 1 N–H and O–H groups in total. The highest BCUT2D eigenvalue weighted by molar-refractivity contribution is 6.04. The van der Waals surface area contributed by atoms with Crippen molar-refractivity contribution in [2.24, 2.45) is 11.8 Å². The lowest BCUT2D eigenvalue weighted by molar-refractivity contribution is 0.102. The highest BCUT2D eigenvalue weighted by atomic mass is 19.1. The molecule has 0 bridgehead atoms. The molecule has 1 amide bonds. The van der Waals surface area contributed by atoms with E-state index in [-0.39, 0.29) is 11.5 Å². The van der Waals surface area contributed by atoms with E-state index in [0.717, 1.165) is 17.5 Å². The number of amides is 1. The Morgan fingerprint density at radius 3 is 2.17 bits per heavy atom. The standard InChI is InChI=1S/C25H27FN2O/c26-23-10-2-1-7-20(23)25(29)27-17-11-21-18-8-3-5-15(18)13-28-14-16-6-4-9-19(16)22(12-17)24(21)28/h1-2,7,10-12,15-16,18-19H,3-6,8-9,13-14H2,(H,27,29)/t15-,16+,18+,19-. The maximum atomic E-state index is 14.1. The van der Waals surface area contributed by atoms with Crippen LogP contribution >= 0.6 is 0 Å². The van der Waals surface area contributed by atoms with Gasteiger partial charge in [-0.3, -0.25) is 4.79 Å². The summed E-state index contributed by atoms with van der Waals surface area (Å²) < 4.78 is 14.1. The summed E-state index contributed by atoms with van der Waals surface area (Å²) >= 11 is 0. The molecule has 0 radical (unpaired) electrons. The van der Waals surface area contributed by atoms with E-state index in [1.165, 1.54) is 74.5 Å². The Balaban J connectivity index is 1.43. The van der Waals surface area contributed by atoms with Gasteiger partial charge in [-0.25, -0.2) is 4.39 Å². The molecule has 2 aromatic rings. The van der Waals surface area contributed by atoms with Crippen LogP contribution in [-0.4, -0.2) is 19.0 Å². The van der Waals surface area contributed by atoms with Crippen LogP contribution in [0.2, 0.25) is 0 Å². The van der Waals surface area contributed by atoms with Gasteiger partial charge in [-0.15, -0.1) is 0 Å². The third-order valence-electron chi connectivity index (χ3n) is 7.89. The first-order valence-electron chi connectivity index (χ1n) is 11.2. The average Bonchev–Trinajstić information content (AvgIpc) is 3.37. The van der Waals surface area contributed by atoms with Crippen LogP contribution in [0.4, 0.5) is 15.8 Å². The topological polar surface area (TPSA) is 32.3 Å². The fourth-order valence-electron chi connectivity index (χ4n) is 6.68. The molecule has 0 spiro atoms. The Kier molecular flexibility index (Phi) is 3.97. The van der Waals surface area contributed by atoms with Crippen LogP contribution in [0.15, 0.2) is 36.4 Å². The number of benzene rings is 2. The molecule has 2 aliphatic carbocycles. The van der Waals surface area contributed by atoms with Crippen LogP contribution in [0.25, 0.3) is 0 Å². The van der Waals surface area contributed by atoms with Crippen molar-refractivity contribution in [3.05, 3.63) is 58.9 Å². The van der Waals surface area contributed by atoms with Crippen molar-refractivity contribution in [3.8, 4) is 0 Å². The Bertz CT molecular complexity index is 942. The zero-order valence-corrected chi connectivity index (χ0v) is 16.7. The maximum Gasteiger partial charge on any atom is 0.258 e. The summed E-state index contributed by atoms with van der Waals surface area (Å²) in [5, 5.41) is 3.03. The van der Waals surface area contributed by atoms with E-state index in [1.807, 2.05) is 0 Å². The normalized spacial score (nSPS) is 29.2. The first-order chi connectivity index (χ1) is 14.2. The molecule has 2 aromatic carbocycles. The van der Waals surface area contributed by atoms with Gasteiger partial charge in [-0.2, -0.15) is 0 Å². The predicted molar refractivity (Wildman–Crippen MR) is 113 cm³/mol. The number of carbonyl (C=O) groups excluding carboxylic acids is 1. The Hall–Kier alpha value is -2.36. The second-order valence-corrected chi connectivity index (χ2v) is 9.44. The third-order valence-corrected chi connectivity index (χ3v) is 7.89. The van der Waals surface area contributed by atoms with Crippen molar-refractivity contribution < 1.29 is 9.18 Å². The van der Waals surface area contributed by atoms with Crippen molar-refractivity contribution >= 4 is 17.3 Å². The summed E-state index contributed by atoms with van der Waals surface area (Å²) in [4.78, 5) is 15.4. The second kappa shape index (κ2) is 6.58. The van der Waals surface area contributed by atoms with Crippen LogP contribution < -0.4 is 10.2 Å². The SMILES string of the molecule is O=C(Nc1cc2c3c(c1)[C@@H]1CCC[C@H]1CN3C[C@H]1CCC[C@H]21)c1ccccc1F. The van der Waals surface area contributed by atoms with E-state index < -0.39 is 5.82 Å². The van der Waals surface area contributed by atoms with Crippen LogP contribution in [-0.2, 0) is 0 Å². The molecule has 2 fully saturated rings. The molecule has 3 nitrogen and oxygen atoms in total. The highest BCUT2D eigenvalue weighted by Crippen LogP contribution is 2.56. The second-order valence-electron chi connectivity index (χ2n) is 9.44. The first-order valence-corrected chi connectivity index (χ1v) is 11.2. The zero-order chi connectivity index (χ0) is 19.5. The molecular formula is C25H27FN2O. The molecule has 0 unspecified atom stereocenters. The molecule has 4 heteroatoms. The van der Waals surface area contributed by atoms with Gasteiger partial charge in [0.15, 0.2) is 0 Å². The van der Waals surface area contributed by atoms with Crippen molar-refractivity contribution in [2.45, 2.75) is 50.4 Å². The molecule has 4 aliphatic rings. The summed E-state index contributed by atoms with van der Waals surface area (Å²) in [7, 11) is 0. The number of fused-ring (bicyclic) bond motifs is 4. The fourth-order valence-corrected chi connectivity index (χ4v) is 6.68. The number of anilines is 2. The number of nitrogens with zero attached hydrogens (tertiary/aromatic N) is 1. The van der Waals surface area contributed by atoms with Crippen molar-refractivity contribution in [1.29, 1.82) is 0 Å². The summed E-state index contributed by atoms with van der Waals surface area (Å²) in [6.45, 7) is 2.41. The fraction of sp³-hybridized carbons (Fsp3) is 0.480. The Morgan fingerprint density at radius 1 is 0.931 bits per heavy atom. The number of halogens is 1. The summed E-state index contributed by atoms with van der Waals surface area (Å²) in [5.41, 5.74) is 5.29. The Morgan fingerprint density at radius 2 is 1.55 bits per heavy atom. The molecule has 2 heterocycles. The highest BCUT2D eigenvalue weighted by Gasteiger charge is 2.44. The minimum absolute atomic E-state index is 0.109. The van der Waals surface area contributed by atoms with E-state index in [2.05, 4.69) is 22.3 Å². The quantitative estimate of drug-likeness (QED) is 0.716. The predicted octanol–water partition coefficient (Wildman–Crippen LogP) is 5.68. The van der Waals surface area contributed by atoms with E-state index in [4.69, 9.17) is 0 Å². The largest absolute Gasteiger partial charge is 0.370 e. The smallest absolute Gasteiger partial charge is 0.258 e. The van der Waals surface area contributed by atoms with Crippen molar-refractivity contribution in [3.63, 3.8) is 0 Å². The average molecular weight is 391 g/mol. The van der Waals surface area contributed by atoms with Gasteiger partial charge in [-0.1, -0.05) is 25.0 Å². The van der Waals surface area contributed by atoms with Gasteiger partial charge in [0.05, 0.1) is 5.56 Å². The van der Waals surface area contributed by atoms with E-state index >= 15 is 0 Å². The van der Waals surface area contributed by atoms with Gasteiger partial charge in [-0.05, 0) is 84.7 Å². The molecule has 29 heavy (non-hydrogen) atoms. The van der Waals surface area contributed by atoms with Crippen molar-refractivity contribution in [2.75, 3.05) is 23.3 Å². The van der Waals surface area contributed by atoms with Crippen molar-refractivity contribution in [1.82, 2.24) is 0 Å². The van der Waals surface area contributed by atoms with E-state index in [0.29, 0.717) is 11.8 Å². The van der Waals surface area contributed by atoms with Gasteiger partial charge < -0.3 is 10.2 Å². The lowest BCUT2D eigenvalue weighted by atomic mass is 9.75. The molecule has 0 aromatic heterocycles. The third kappa shape index (κ3) is 2.72. The number of rotatable bonds is 2. The van der Waals surface area contributed by atoms with Crippen LogP contribution in [0.3, 0.4) is 0 Å². The molecular weight excluding hydrogens is 363 g/mol. The number of hydrogen-bond donors (Lipinski definition) is 1.